The van der Waals surface area contributed by atoms with Gasteiger partial charge in [-0.2, -0.15) is 0 Å². The first-order valence-electron chi connectivity index (χ1n) is 4.98. The average molecular weight is 178 g/mol. The number of pyridine rings is 1. The average Bonchev–Trinajstić information content (AvgIpc) is 2.16. The van der Waals surface area contributed by atoms with Gasteiger partial charge in [-0.25, -0.2) is 0 Å². The van der Waals surface area contributed by atoms with Crippen molar-refractivity contribution in [1.29, 1.82) is 0 Å². The lowest BCUT2D eigenvalue weighted by Gasteiger charge is -2.09. The molecule has 0 saturated heterocycles. The molecule has 13 heavy (non-hydrogen) atoms. The Morgan fingerprint density at radius 1 is 1.46 bits per heavy atom. The van der Waals surface area contributed by atoms with Gasteiger partial charge in [-0.05, 0) is 18.6 Å². The second-order valence-corrected chi connectivity index (χ2v) is 3.43. The molecule has 72 valence electrons. The van der Waals surface area contributed by atoms with E-state index in [9.17, 15) is 0 Å². The van der Waals surface area contributed by atoms with E-state index in [4.69, 9.17) is 5.73 Å². The van der Waals surface area contributed by atoms with Crippen molar-refractivity contribution in [1.82, 2.24) is 4.98 Å². The van der Waals surface area contributed by atoms with Gasteiger partial charge in [-0.3, -0.25) is 4.98 Å². The van der Waals surface area contributed by atoms with Crippen LogP contribution in [0, 0.1) is 0 Å². The first-order valence-corrected chi connectivity index (χ1v) is 4.98. The number of unbranched alkanes of at least 4 members (excludes halogenated alkanes) is 1. The summed E-state index contributed by atoms with van der Waals surface area (Å²) >= 11 is 0. The van der Waals surface area contributed by atoms with Crippen LogP contribution in [0.1, 0.15) is 31.9 Å². The van der Waals surface area contributed by atoms with E-state index in [1.54, 1.807) is 0 Å². The van der Waals surface area contributed by atoms with Gasteiger partial charge in [0.25, 0.3) is 0 Å². The maximum absolute atomic E-state index is 5.95. The fourth-order valence-corrected chi connectivity index (χ4v) is 1.36. The van der Waals surface area contributed by atoms with Crippen LogP contribution in [0.25, 0.3) is 0 Å². The molecule has 0 spiro atoms. The second-order valence-electron chi connectivity index (χ2n) is 3.43. The normalized spacial score (nSPS) is 12.8. The summed E-state index contributed by atoms with van der Waals surface area (Å²) in [4.78, 5) is 4.25. The molecule has 0 aliphatic heterocycles. The first kappa shape index (κ1) is 10.2. The van der Waals surface area contributed by atoms with E-state index in [1.807, 2.05) is 24.4 Å². The molecular formula is C11H18N2. The molecule has 1 aromatic heterocycles. The van der Waals surface area contributed by atoms with Gasteiger partial charge in [-0.15, -0.1) is 0 Å². The standard InChI is InChI=1S/C11H18N2/c1-2-3-6-10(12)9-11-7-4-5-8-13-11/h4-5,7-8,10H,2-3,6,9,12H2,1H3. The number of aromatic nitrogens is 1. The molecule has 2 nitrogen and oxygen atoms in total. The molecule has 1 unspecified atom stereocenters. The van der Waals surface area contributed by atoms with Crippen LogP contribution in [0.5, 0.6) is 0 Å². The van der Waals surface area contributed by atoms with Crippen LogP contribution >= 0.6 is 0 Å². The Balaban J connectivity index is 2.32. The number of nitrogens with zero attached hydrogens (tertiary/aromatic N) is 1. The second kappa shape index (κ2) is 5.70. The van der Waals surface area contributed by atoms with Crippen molar-refractivity contribution < 1.29 is 0 Å². The first-order chi connectivity index (χ1) is 6.33. The van der Waals surface area contributed by atoms with Crippen molar-refractivity contribution in [3.63, 3.8) is 0 Å². The van der Waals surface area contributed by atoms with Gasteiger partial charge in [-0.1, -0.05) is 25.8 Å². The SMILES string of the molecule is CCCCC(N)Cc1ccccn1. The number of rotatable bonds is 5. The van der Waals surface area contributed by atoms with E-state index in [2.05, 4.69) is 11.9 Å². The lowest BCUT2D eigenvalue weighted by molar-refractivity contribution is 0.568. The predicted octanol–water partition coefficient (Wildman–Crippen LogP) is 2.14. The van der Waals surface area contributed by atoms with E-state index in [0.717, 1.165) is 18.5 Å². The van der Waals surface area contributed by atoms with Crippen molar-refractivity contribution in [2.45, 2.75) is 38.6 Å². The van der Waals surface area contributed by atoms with Crippen LogP contribution in [0.15, 0.2) is 24.4 Å². The Hall–Kier alpha value is -0.890. The zero-order valence-electron chi connectivity index (χ0n) is 8.24. The zero-order valence-corrected chi connectivity index (χ0v) is 8.24. The summed E-state index contributed by atoms with van der Waals surface area (Å²) < 4.78 is 0. The fourth-order valence-electron chi connectivity index (χ4n) is 1.36. The van der Waals surface area contributed by atoms with Crippen molar-refractivity contribution >= 4 is 0 Å². The van der Waals surface area contributed by atoms with Crippen LogP contribution in [0.2, 0.25) is 0 Å². The lowest BCUT2D eigenvalue weighted by Crippen LogP contribution is -2.22. The van der Waals surface area contributed by atoms with Crippen LogP contribution in [0.3, 0.4) is 0 Å². The van der Waals surface area contributed by atoms with Gasteiger partial charge in [0.2, 0.25) is 0 Å². The van der Waals surface area contributed by atoms with Crippen molar-refractivity contribution in [3.05, 3.63) is 30.1 Å². The van der Waals surface area contributed by atoms with Gasteiger partial charge in [0.15, 0.2) is 0 Å². The summed E-state index contributed by atoms with van der Waals surface area (Å²) in [6.07, 6.45) is 6.26. The minimum absolute atomic E-state index is 0.273. The van der Waals surface area contributed by atoms with E-state index < -0.39 is 0 Å². The summed E-state index contributed by atoms with van der Waals surface area (Å²) in [5.41, 5.74) is 7.05. The summed E-state index contributed by atoms with van der Waals surface area (Å²) in [6, 6.07) is 6.25. The highest BCUT2D eigenvalue weighted by Crippen LogP contribution is 2.04. The molecular weight excluding hydrogens is 160 g/mol. The maximum Gasteiger partial charge on any atom is 0.0419 e. The molecule has 0 aliphatic carbocycles. The molecule has 0 saturated carbocycles. The molecule has 0 aliphatic rings. The van der Waals surface area contributed by atoms with Gasteiger partial charge in [0.1, 0.15) is 0 Å². The molecule has 0 bridgehead atoms. The number of hydrogen-bond acceptors (Lipinski definition) is 2. The highest BCUT2D eigenvalue weighted by Gasteiger charge is 2.03. The third-order valence-corrected chi connectivity index (χ3v) is 2.13. The molecule has 1 rings (SSSR count). The summed E-state index contributed by atoms with van der Waals surface area (Å²) in [5, 5.41) is 0. The summed E-state index contributed by atoms with van der Waals surface area (Å²) in [6.45, 7) is 2.19. The minimum Gasteiger partial charge on any atom is -0.327 e. The number of nitrogens with two attached hydrogens (primary N) is 1. The fraction of sp³-hybridized carbons (Fsp3) is 0.545. The maximum atomic E-state index is 5.95. The largest absolute Gasteiger partial charge is 0.327 e. The highest BCUT2D eigenvalue weighted by atomic mass is 14.7. The summed E-state index contributed by atoms with van der Waals surface area (Å²) in [5.74, 6) is 0. The third-order valence-electron chi connectivity index (χ3n) is 2.13. The Morgan fingerprint density at radius 3 is 2.92 bits per heavy atom. The quantitative estimate of drug-likeness (QED) is 0.750. The van der Waals surface area contributed by atoms with Gasteiger partial charge < -0.3 is 5.73 Å². The molecule has 0 fully saturated rings. The van der Waals surface area contributed by atoms with Crippen molar-refractivity contribution in [3.8, 4) is 0 Å². The third kappa shape index (κ3) is 4.04. The van der Waals surface area contributed by atoms with Crippen molar-refractivity contribution in [2.75, 3.05) is 0 Å². The molecule has 2 N–H and O–H groups in total. The Morgan fingerprint density at radius 2 is 2.31 bits per heavy atom. The van der Waals surface area contributed by atoms with E-state index in [-0.39, 0.29) is 6.04 Å². The lowest BCUT2D eigenvalue weighted by atomic mass is 10.1. The van der Waals surface area contributed by atoms with Crippen LogP contribution in [-0.2, 0) is 6.42 Å². The van der Waals surface area contributed by atoms with Crippen molar-refractivity contribution in [2.24, 2.45) is 5.73 Å². The molecule has 1 heterocycles. The van der Waals surface area contributed by atoms with E-state index >= 15 is 0 Å². The topological polar surface area (TPSA) is 38.9 Å². The zero-order chi connectivity index (χ0) is 9.52. The monoisotopic (exact) mass is 178 g/mol. The molecule has 1 atom stereocenters. The predicted molar refractivity (Wildman–Crippen MR) is 55.4 cm³/mol. The Labute approximate surface area is 80.2 Å². The van der Waals surface area contributed by atoms with E-state index in [1.165, 1.54) is 12.8 Å². The molecule has 1 aromatic rings. The minimum atomic E-state index is 0.273. The van der Waals surface area contributed by atoms with Gasteiger partial charge in [0.05, 0.1) is 0 Å². The Bertz CT molecular complexity index is 221. The number of hydrogen-bond donors (Lipinski definition) is 1. The highest BCUT2D eigenvalue weighted by molar-refractivity contribution is 5.04. The smallest absolute Gasteiger partial charge is 0.0419 e. The summed E-state index contributed by atoms with van der Waals surface area (Å²) in [7, 11) is 0. The van der Waals surface area contributed by atoms with Crippen LogP contribution in [-0.4, -0.2) is 11.0 Å². The van der Waals surface area contributed by atoms with Crippen LogP contribution in [0.4, 0.5) is 0 Å². The Kier molecular flexibility index (Phi) is 4.47. The molecule has 2 heteroatoms. The molecule has 0 radical (unpaired) electrons. The van der Waals surface area contributed by atoms with Gasteiger partial charge in [0, 0.05) is 24.4 Å². The molecule has 0 aromatic carbocycles. The van der Waals surface area contributed by atoms with E-state index in [0.29, 0.717) is 0 Å². The van der Waals surface area contributed by atoms with Gasteiger partial charge >= 0.3 is 0 Å². The molecule has 0 amide bonds. The van der Waals surface area contributed by atoms with Crippen LogP contribution < -0.4 is 5.73 Å².